The van der Waals surface area contributed by atoms with Crippen LogP contribution in [0, 0.1) is 5.92 Å². The Bertz CT molecular complexity index is 243. The molecule has 1 spiro atoms. The fourth-order valence-corrected chi connectivity index (χ4v) is 3.79. The van der Waals surface area contributed by atoms with E-state index in [-0.39, 0.29) is 0 Å². The lowest BCUT2D eigenvalue weighted by molar-refractivity contribution is 0.0111. The van der Waals surface area contributed by atoms with Crippen molar-refractivity contribution in [2.75, 3.05) is 19.6 Å². The van der Waals surface area contributed by atoms with Crippen molar-refractivity contribution in [2.45, 2.75) is 77.3 Å². The Balaban J connectivity index is 1.92. The van der Waals surface area contributed by atoms with Gasteiger partial charge in [0.25, 0.3) is 0 Å². The SMILES string of the molecule is CC(C)CCCN1CC(C)NCC12CCCCC2. The highest BCUT2D eigenvalue weighted by Crippen LogP contribution is 2.35. The normalized spacial score (nSPS) is 29.0. The van der Waals surface area contributed by atoms with Crippen molar-refractivity contribution >= 4 is 0 Å². The van der Waals surface area contributed by atoms with Crippen LogP contribution >= 0.6 is 0 Å². The molecule has 0 bridgehead atoms. The largest absolute Gasteiger partial charge is 0.311 e. The average Bonchev–Trinajstić information content (AvgIpc) is 2.35. The van der Waals surface area contributed by atoms with Gasteiger partial charge in [-0.05, 0) is 45.1 Å². The van der Waals surface area contributed by atoms with Gasteiger partial charge in [0.15, 0.2) is 0 Å². The lowest BCUT2D eigenvalue weighted by Gasteiger charge is -2.52. The number of nitrogens with zero attached hydrogens (tertiary/aromatic N) is 1. The maximum absolute atomic E-state index is 3.73. The second-order valence-corrected chi connectivity index (χ2v) is 7.05. The van der Waals surface area contributed by atoms with Gasteiger partial charge in [-0.25, -0.2) is 0 Å². The lowest BCUT2D eigenvalue weighted by Crippen LogP contribution is -2.64. The Morgan fingerprint density at radius 1 is 1.22 bits per heavy atom. The maximum atomic E-state index is 3.73. The summed E-state index contributed by atoms with van der Waals surface area (Å²) in [5.41, 5.74) is 0.516. The van der Waals surface area contributed by atoms with Gasteiger partial charge in [-0.3, -0.25) is 4.90 Å². The van der Waals surface area contributed by atoms with E-state index < -0.39 is 0 Å². The number of piperazine rings is 1. The minimum Gasteiger partial charge on any atom is -0.311 e. The van der Waals surface area contributed by atoms with Crippen molar-refractivity contribution in [3.8, 4) is 0 Å². The summed E-state index contributed by atoms with van der Waals surface area (Å²) in [5.74, 6) is 0.854. The smallest absolute Gasteiger partial charge is 0.0334 e. The monoisotopic (exact) mass is 252 g/mol. The van der Waals surface area contributed by atoms with Gasteiger partial charge in [0.1, 0.15) is 0 Å². The fourth-order valence-electron chi connectivity index (χ4n) is 3.79. The third-order valence-corrected chi connectivity index (χ3v) is 4.94. The molecule has 0 radical (unpaired) electrons. The van der Waals surface area contributed by atoms with Gasteiger partial charge in [-0.1, -0.05) is 33.1 Å². The van der Waals surface area contributed by atoms with E-state index >= 15 is 0 Å². The molecule has 2 heteroatoms. The van der Waals surface area contributed by atoms with Crippen molar-refractivity contribution < 1.29 is 0 Å². The number of hydrogen-bond acceptors (Lipinski definition) is 2. The van der Waals surface area contributed by atoms with Crippen LogP contribution in [0.15, 0.2) is 0 Å². The van der Waals surface area contributed by atoms with Gasteiger partial charge in [-0.15, -0.1) is 0 Å². The Morgan fingerprint density at radius 3 is 2.61 bits per heavy atom. The van der Waals surface area contributed by atoms with Crippen LogP contribution in [0.5, 0.6) is 0 Å². The van der Waals surface area contributed by atoms with Gasteiger partial charge in [0.05, 0.1) is 0 Å². The van der Waals surface area contributed by atoms with E-state index in [0.29, 0.717) is 11.6 Å². The molecule has 1 N–H and O–H groups in total. The molecule has 0 aromatic carbocycles. The van der Waals surface area contributed by atoms with Crippen LogP contribution in [0.3, 0.4) is 0 Å². The minimum absolute atomic E-state index is 0.516. The minimum atomic E-state index is 0.516. The lowest BCUT2D eigenvalue weighted by atomic mass is 9.78. The third-order valence-electron chi connectivity index (χ3n) is 4.94. The molecule has 2 rings (SSSR count). The molecule has 1 saturated heterocycles. The van der Waals surface area contributed by atoms with E-state index in [4.69, 9.17) is 0 Å². The van der Waals surface area contributed by atoms with E-state index in [1.165, 1.54) is 64.6 Å². The summed E-state index contributed by atoms with van der Waals surface area (Å²) in [5, 5.41) is 3.73. The molecule has 1 atom stereocenters. The van der Waals surface area contributed by atoms with E-state index in [2.05, 4.69) is 31.0 Å². The molecule has 2 aliphatic rings. The zero-order valence-corrected chi connectivity index (χ0v) is 12.7. The molecule has 18 heavy (non-hydrogen) atoms. The van der Waals surface area contributed by atoms with Crippen molar-refractivity contribution in [3.05, 3.63) is 0 Å². The molecular formula is C16H32N2. The van der Waals surface area contributed by atoms with Gasteiger partial charge in [-0.2, -0.15) is 0 Å². The summed E-state index contributed by atoms with van der Waals surface area (Å²) in [6, 6.07) is 0.677. The number of nitrogens with one attached hydrogen (secondary N) is 1. The Kier molecular flexibility index (Phi) is 5.08. The van der Waals surface area contributed by atoms with Crippen LogP contribution in [0.1, 0.15) is 65.7 Å². The molecule has 2 nitrogen and oxygen atoms in total. The number of rotatable bonds is 4. The molecule has 1 heterocycles. The summed E-state index contributed by atoms with van der Waals surface area (Å²) in [7, 11) is 0. The molecule has 2 fully saturated rings. The second kappa shape index (κ2) is 6.38. The summed E-state index contributed by atoms with van der Waals surface area (Å²) in [4.78, 5) is 2.84. The molecule has 106 valence electrons. The maximum Gasteiger partial charge on any atom is 0.0334 e. The van der Waals surface area contributed by atoms with Crippen molar-refractivity contribution in [3.63, 3.8) is 0 Å². The first-order chi connectivity index (χ1) is 8.62. The highest BCUT2D eigenvalue weighted by atomic mass is 15.3. The second-order valence-electron chi connectivity index (χ2n) is 7.05. The van der Waals surface area contributed by atoms with E-state index in [9.17, 15) is 0 Å². The summed E-state index contributed by atoms with van der Waals surface area (Å²) in [6.07, 6.45) is 9.95. The zero-order chi connectivity index (χ0) is 13.0. The van der Waals surface area contributed by atoms with Gasteiger partial charge < -0.3 is 5.32 Å². The van der Waals surface area contributed by atoms with Crippen LogP contribution in [-0.2, 0) is 0 Å². The van der Waals surface area contributed by atoms with Gasteiger partial charge in [0.2, 0.25) is 0 Å². The third kappa shape index (κ3) is 3.48. The molecule has 0 amide bonds. The van der Waals surface area contributed by atoms with E-state index in [0.717, 1.165) is 5.92 Å². The van der Waals surface area contributed by atoms with Crippen molar-refractivity contribution in [2.24, 2.45) is 5.92 Å². The number of hydrogen-bond donors (Lipinski definition) is 1. The molecule has 0 aromatic heterocycles. The van der Waals surface area contributed by atoms with Crippen LogP contribution in [0.2, 0.25) is 0 Å². The van der Waals surface area contributed by atoms with Crippen LogP contribution < -0.4 is 5.32 Å². The Morgan fingerprint density at radius 2 is 1.94 bits per heavy atom. The first kappa shape index (κ1) is 14.3. The van der Waals surface area contributed by atoms with Crippen molar-refractivity contribution in [1.82, 2.24) is 10.2 Å². The predicted octanol–water partition coefficient (Wildman–Crippen LogP) is 3.42. The van der Waals surface area contributed by atoms with E-state index in [1.54, 1.807) is 0 Å². The quantitative estimate of drug-likeness (QED) is 0.825. The highest BCUT2D eigenvalue weighted by Gasteiger charge is 2.40. The summed E-state index contributed by atoms with van der Waals surface area (Å²) in [6.45, 7) is 10.8. The van der Waals surface area contributed by atoms with Gasteiger partial charge >= 0.3 is 0 Å². The van der Waals surface area contributed by atoms with Crippen LogP contribution in [-0.4, -0.2) is 36.1 Å². The first-order valence-corrected chi connectivity index (χ1v) is 8.11. The average molecular weight is 252 g/mol. The summed E-state index contributed by atoms with van der Waals surface area (Å²) < 4.78 is 0. The Labute approximate surface area is 114 Å². The van der Waals surface area contributed by atoms with Crippen LogP contribution in [0.25, 0.3) is 0 Å². The molecule has 1 aliphatic heterocycles. The first-order valence-electron chi connectivity index (χ1n) is 8.11. The van der Waals surface area contributed by atoms with Crippen molar-refractivity contribution in [1.29, 1.82) is 0 Å². The van der Waals surface area contributed by atoms with Crippen LogP contribution in [0.4, 0.5) is 0 Å². The van der Waals surface area contributed by atoms with E-state index in [1.807, 2.05) is 0 Å². The molecule has 0 aromatic rings. The van der Waals surface area contributed by atoms with Gasteiger partial charge in [0, 0.05) is 24.7 Å². The fraction of sp³-hybridized carbons (Fsp3) is 1.00. The molecule has 1 unspecified atom stereocenters. The summed E-state index contributed by atoms with van der Waals surface area (Å²) >= 11 is 0. The molecular weight excluding hydrogens is 220 g/mol. The Hall–Kier alpha value is -0.0800. The zero-order valence-electron chi connectivity index (χ0n) is 12.7. The topological polar surface area (TPSA) is 15.3 Å². The highest BCUT2D eigenvalue weighted by molar-refractivity contribution is 4.99. The molecule has 1 aliphatic carbocycles. The standard InChI is InChI=1S/C16H32N2/c1-14(2)8-7-11-18-12-15(3)17-13-16(18)9-5-4-6-10-16/h14-15,17H,4-13H2,1-3H3. The predicted molar refractivity (Wildman–Crippen MR) is 78.9 cm³/mol. The molecule has 1 saturated carbocycles.